The molecule has 9 heavy (non-hydrogen) atoms. The fraction of sp³-hybridized carbons (Fsp3) is 1.00. The van der Waals surface area contributed by atoms with Crippen molar-refractivity contribution in [2.45, 2.75) is 20.3 Å². The van der Waals surface area contributed by atoms with E-state index >= 15 is 0 Å². The molecular formula is C7H16O2. The summed E-state index contributed by atoms with van der Waals surface area (Å²) >= 11 is 0. The lowest BCUT2D eigenvalue weighted by Gasteiger charge is -2.17. The van der Waals surface area contributed by atoms with Gasteiger partial charge in [-0.15, -0.1) is 0 Å². The molecule has 0 fully saturated rings. The van der Waals surface area contributed by atoms with Gasteiger partial charge in [0, 0.05) is 13.2 Å². The highest BCUT2D eigenvalue weighted by molar-refractivity contribution is 4.61. The Labute approximate surface area is 56.5 Å². The van der Waals surface area contributed by atoms with E-state index in [4.69, 9.17) is 10.2 Å². The molecule has 2 heteroatoms. The summed E-state index contributed by atoms with van der Waals surface area (Å²) in [6.07, 6.45) is 0.943. The second-order valence-electron chi connectivity index (χ2n) is 2.51. The second kappa shape index (κ2) is 4.77. The van der Waals surface area contributed by atoms with Gasteiger partial charge in [0.1, 0.15) is 0 Å². The highest BCUT2D eigenvalue weighted by atomic mass is 16.3. The zero-order valence-corrected chi connectivity index (χ0v) is 6.17. The van der Waals surface area contributed by atoms with E-state index in [1.54, 1.807) is 0 Å². The maximum absolute atomic E-state index is 8.72. The van der Waals surface area contributed by atoms with Crippen molar-refractivity contribution >= 4 is 0 Å². The summed E-state index contributed by atoms with van der Waals surface area (Å²) < 4.78 is 0. The molecule has 0 aliphatic carbocycles. The van der Waals surface area contributed by atoms with Crippen molar-refractivity contribution in [3.63, 3.8) is 0 Å². The maximum Gasteiger partial charge on any atom is 0.0462 e. The summed E-state index contributed by atoms with van der Waals surface area (Å²) in [5.41, 5.74) is 0. The molecule has 0 spiro atoms. The molecule has 0 saturated heterocycles. The van der Waals surface area contributed by atoms with Gasteiger partial charge in [0.2, 0.25) is 0 Å². The normalized spacial score (nSPS) is 17.3. The molecule has 0 aliphatic rings. The third kappa shape index (κ3) is 2.82. The highest BCUT2D eigenvalue weighted by Crippen LogP contribution is 2.12. The Morgan fingerprint density at radius 2 is 1.78 bits per heavy atom. The van der Waals surface area contributed by atoms with Gasteiger partial charge < -0.3 is 10.2 Å². The second-order valence-corrected chi connectivity index (χ2v) is 2.51. The van der Waals surface area contributed by atoms with E-state index in [1.807, 2.05) is 13.8 Å². The lowest BCUT2D eigenvalue weighted by atomic mass is 9.93. The molecule has 0 aliphatic heterocycles. The Morgan fingerprint density at radius 1 is 1.22 bits per heavy atom. The van der Waals surface area contributed by atoms with Gasteiger partial charge in [0.25, 0.3) is 0 Å². The van der Waals surface area contributed by atoms with Crippen molar-refractivity contribution in [1.82, 2.24) is 0 Å². The summed E-state index contributed by atoms with van der Waals surface area (Å²) in [5.74, 6) is 0.509. The Hall–Kier alpha value is -0.0800. The van der Waals surface area contributed by atoms with Crippen molar-refractivity contribution in [3.05, 3.63) is 0 Å². The molecule has 0 aromatic heterocycles. The van der Waals surface area contributed by atoms with Crippen LogP contribution in [0.5, 0.6) is 0 Å². The van der Waals surface area contributed by atoms with Crippen LogP contribution >= 0.6 is 0 Å². The van der Waals surface area contributed by atoms with Gasteiger partial charge >= 0.3 is 0 Å². The smallest absolute Gasteiger partial charge is 0.0462 e. The van der Waals surface area contributed by atoms with Crippen molar-refractivity contribution < 1.29 is 10.2 Å². The van der Waals surface area contributed by atoms with Crippen LogP contribution in [0.3, 0.4) is 0 Å². The van der Waals surface area contributed by atoms with E-state index in [2.05, 4.69) is 0 Å². The van der Waals surface area contributed by atoms with E-state index < -0.39 is 0 Å². The largest absolute Gasteiger partial charge is 0.396 e. The predicted octanol–water partition coefficient (Wildman–Crippen LogP) is 0.633. The Kier molecular flexibility index (Phi) is 4.72. The van der Waals surface area contributed by atoms with E-state index in [1.165, 1.54) is 0 Å². The van der Waals surface area contributed by atoms with Gasteiger partial charge in [-0.1, -0.05) is 20.3 Å². The van der Waals surface area contributed by atoms with Crippen LogP contribution in [0.2, 0.25) is 0 Å². The quantitative estimate of drug-likeness (QED) is 0.589. The molecule has 2 atom stereocenters. The summed E-state index contributed by atoms with van der Waals surface area (Å²) in [5, 5.41) is 17.4. The molecule has 0 aromatic carbocycles. The molecule has 0 unspecified atom stereocenters. The van der Waals surface area contributed by atoms with E-state index in [9.17, 15) is 0 Å². The molecule has 0 saturated carbocycles. The zero-order chi connectivity index (χ0) is 7.28. The van der Waals surface area contributed by atoms with E-state index in [-0.39, 0.29) is 25.0 Å². The van der Waals surface area contributed by atoms with Crippen LogP contribution in [-0.4, -0.2) is 23.4 Å². The first kappa shape index (κ1) is 8.92. The average molecular weight is 132 g/mol. The lowest BCUT2D eigenvalue weighted by molar-refractivity contribution is 0.127. The maximum atomic E-state index is 8.72. The first-order valence-electron chi connectivity index (χ1n) is 3.47. The molecule has 2 N–H and O–H groups in total. The third-order valence-corrected chi connectivity index (χ3v) is 1.85. The predicted molar refractivity (Wildman–Crippen MR) is 37.1 cm³/mol. The molecule has 0 bridgehead atoms. The van der Waals surface area contributed by atoms with Gasteiger partial charge in [-0.05, 0) is 11.8 Å². The van der Waals surface area contributed by atoms with Gasteiger partial charge in [-0.3, -0.25) is 0 Å². The highest BCUT2D eigenvalue weighted by Gasteiger charge is 2.12. The standard InChI is InChI=1S/C7H16O2/c1-3-7(5-9)6(2)4-8/h6-9H,3-5H2,1-2H3/t6-,7+/m1/s1. The van der Waals surface area contributed by atoms with Crippen LogP contribution < -0.4 is 0 Å². The van der Waals surface area contributed by atoms with Crippen LogP contribution in [0.15, 0.2) is 0 Å². The Balaban J connectivity index is 3.50. The van der Waals surface area contributed by atoms with Crippen molar-refractivity contribution in [2.75, 3.05) is 13.2 Å². The monoisotopic (exact) mass is 132 g/mol. The molecule has 0 aromatic rings. The summed E-state index contributed by atoms with van der Waals surface area (Å²) in [6, 6.07) is 0. The minimum atomic E-state index is 0.180. The van der Waals surface area contributed by atoms with Crippen LogP contribution in [0.25, 0.3) is 0 Å². The minimum absolute atomic E-state index is 0.180. The first-order valence-corrected chi connectivity index (χ1v) is 3.47. The Bertz CT molecular complexity index is 59.9. The summed E-state index contributed by atoms with van der Waals surface area (Å²) in [6.45, 7) is 4.34. The summed E-state index contributed by atoms with van der Waals surface area (Å²) in [7, 11) is 0. The Morgan fingerprint density at radius 3 is 1.89 bits per heavy atom. The fourth-order valence-electron chi connectivity index (χ4n) is 0.860. The van der Waals surface area contributed by atoms with Crippen LogP contribution in [0.4, 0.5) is 0 Å². The average Bonchev–Trinajstić information content (AvgIpc) is 1.90. The molecule has 0 rings (SSSR count). The molecule has 56 valence electrons. The molecule has 0 heterocycles. The summed E-state index contributed by atoms with van der Waals surface area (Å²) in [4.78, 5) is 0. The number of aliphatic hydroxyl groups is 2. The molecule has 0 radical (unpaired) electrons. The molecule has 0 amide bonds. The fourth-order valence-corrected chi connectivity index (χ4v) is 0.860. The van der Waals surface area contributed by atoms with E-state index in [0.29, 0.717) is 0 Å². The molecule has 2 nitrogen and oxygen atoms in total. The zero-order valence-electron chi connectivity index (χ0n) is 6.17. The van der Waals surface area contributed by atoms with Gasteiger partial charge in [0.15, 0.2) is 0 Å². The van der Waals surface area contributed by atoms with E-state index in [0.717, 1.165) is 6.42 Å². The van der Waals surface area contributed by atoms with Crippen LogP contribution in [0, 0.1) is 11.8 Å². The first-order chi connectivity index (χ1) is 4.26. The number of hydrogen-bond donors (Lipinski definition) is 2. The van der Waals surface area contributed by atoms with Gasteiger partial charge in [-0.2, -0.15) is 0 Å². The van der Waals surface area contributed by atoms with Crippen LogP contribution in [-0.2, 0) is 0 Å². The van der Waals surface area contributed by atoms with Gasteiger partial charge in [0.05, 0.1) is 0 Å². The lowest BCUT2D eigenvalue weighted by Crippen LogP contribution is -2.17. The number of hydrogen-bond acceptors (Lipinski definition) is 2. The number of rotatable bonds is 4. The van der Waals surface area contributed by atoms with Crippen molar-refractivity contribution in [3.8, 4) is 0 Å². The van der Waals surface area contributed by atoms with Crippen molar-refractivity contribution in [1.29, 1.82) is 0 Å². The third-order valence-electron chi connectivity index (χ3n) is 1.85. The minimum Gasteiger partial charge on any atom is -0.396 e. The van der Waals surface area contributed by atoms with Crippen molar-refractivity contribution in [2.24, 2.45) is 11.8 Å². The van der Waals surface area contributed by atoms with Gasteiger partial charge in [-0.25, -0.2) is 0 Å². The molecular weight excluding hydrogens is 116 g/mol. The SMILES string of the molecule is CC[C@@H](CO)[C@H](C)CO. The number of aliphatic hydroxyl groups excluding tert-OH is 2. The topological polar surface area (TPSA) is 40.5 Å². The van der Waals surface area contributed by atoms with Crippen LogP contribution in [0.1, 0.15) is 20.3 Å².